The number of benzene rings is 3. The zero-order valence-corrected chi connectivity index (χ0v) is 21.9. The number of hydrogen-bond donors (Lipinski definition) is 2. The van der Waals surface area contributed by atoms with Gasteiger partial charge in [0.05, 0.1) is 34.4 Å². The summed E-state index contributed by atoms with van der Waals surface area (Å²) < 4.78 is 0. The molecule has 0 bridgehead atoms. The molecule has 3 aromatic carbocycles. The molecule has 0 radical (unpaired) electrons. The van der Waals surface area contributed by atoms with Crippen molar-refractivity contribution in [1.82, 2.24) is 0 Å². The Morgan fingerprint density at radius 3 is 2.28 bits per heavy atom. The SMILES string of the molecule is CC1=NN(c2ccc(Cl)cc2)C(=O)C1=CN=NC1=NC(=C(C=N)C(=O)Nc2ccc(Cl)cc2)c2ccccc21. The molecule has 3 aromatic rings. The highest BCUT2D eigenvalue weighted by Gasteiger charge is 2.29. The Bertz CT molecular complexity index is 1650. The average Bonchev–Trinajstić information content (AvgIpc) is 3.43. The number of carbonyl (C=O) groups excluding carboxylic acids is 2. The second-order valence-electron chi connectivity index (χ2n) is 8.39. The highest BCUT2D eigenvalue weighted by molar-refractivity contribution is 6.32. The van der Waals surface area contributed by atoms with Crippen molar-refractivity contribution >= 4 is 69.8 Å². The van der Waals surface area contributed by atoms with Gasteiger partial charge in [-0.15, -0.1) is 5.11 Å². The summed E-state index contributed by atoms with van der Waals surface area (Å²) in [6.45, 7) is 1.70. The highest BCUT2D eigenvalue weighted by atomic mass is 35.5. The van der Waals surface area contributed by atoms with Gasteiger partial charge < -0.3 is 10.7 Å². The van der Waals surface area contributed by atoms with Crippen LogP contribution >= 0.6 is 23.2 Å². The van der Waals surface area contributed by atoms with Crippen molar-refractivity contribution in [2.45, 2.75) is 6.92 Å². The Labute approximate surface area is 233 Å². The zero-order chi connectivity index (χ0) is 27.5. The predicted octanol–water partition coefficient (Wildman–Crippen LogP) is 6.51. The first-order chi connectivity index (χ1) is 18.9. The molecule has 0 saturated heterocycles. The van der Waals surface area contributed by atoms with Crippen LogP contribution < -0.4 is 10.3 Å². The minimum Gasteiger partial charge on any atom is -0.322 e. The third-order valence-electron chi connectivity index (χ3n) is 5.86. The first-order valence-corrected chi connectivity index (χ1v) is 12.4. The van der Waals surface area contributed by atoms with Crippen molar-refractivity contribution in [2.75, 3.05) is 10.3 Å². The summed E-state index contributed by atoms with van der Waals surface area (Å²) in [4.78, 5) is 30.5. The lowest BCUT2D eigenvalue weighted by Crippen LogP contribution is -2.21. The van der Waals surface area contributed by atoms with E-state index in [1.54, 1.807) is 73.7 Å². The summed E-state index contributed by atoms with van der Waals surface area (Å²) in [6, 6.07) is 20.6. The number of nitrogens with one attached hydrogen (secondary N) is 2. The molecule has 2 aliphatic heterocycles. The number of fused-ring (bicyclic) bond motifs is 1. The summed E-state index contributed by atoms with van der Waals surface area (Å²) in [5.74, 6) is -0.620. The smallest absolute Gasteiger partial charge is 0.282 e. The van der Waals surface area contributed by atoms with Crippen molar-refractivity contribution in [2.24, 2.45) is 20.3 Å². The summed E-state index contributed by atoms with van der Waals surface area (Å²) in [6.07, 6.45) is 2.28. The molecule has 0 saturated carbocycles. The Balaban J connectivity index is 1.43. The number of nitrogens with zero attached hydrogens (tertiary/aromatic N) is 5. The van der Waals surface area contributed by atoms with Gasteiger partial charge in [0.25, 0.3) is 11.8 Å². The minimum atomic E-state index is -0.508. The molecule has 0 aromatic heterocycles. The van der Waals surface area contributed by atoms with Gasteiger partial charge in [-0.05, 0) is 55.5 Å². The van der Waals surface area contributed by atoms with E-state index < -0.39 is 5.91 Å². The number of hydrogen-bond acceptors (Lipinski definition) is 7. The van der Waals surface area contributed by atoms with Gasteiger partial charge in [-0.2, -0.15) is 15.2 Å². The maximum atomic E-state index is 13.0. The second-order valence-corrected chi connectivity index (χ2v) is 9.26. The van der Waals surface area contributed by atoms with Gasteiger partial charge in [0.2, 0.25) is 0 Å². The van der Waals surface area contributed by atoms with Crippen LogP contribution in [-0.2, 0) is 9.59 Å². The molecule has 0 fully saturated rings. The summed E-state index contributed by atoms with van der Waals surface area (Å²) in [5.41, 5.74) is 3.46. The van der Waals surface area contributed by atoms with Crippen molar-refractivity contribution in [1.29, 1.82) is 5.41 Å². The van der Waals surface area contributed by atoms with Crippen LogP contribution in [0.25, 0.3) is 5.70 Å². The fourth-order valence-electron chi connectivity index (χ4n) is 3.93. The summed E-state index contributed by atoms with van der Waals surface area (Å²) in [5, 5.41) is 25.7. The number of amides is 2. The molecular formula is C28H19Cl2N7O2. The minimum absolute atomic E-state index is 0.0495. The van der Waals surface area contributed by atoms with E-state index in [0.29, 0.717) is 38.3 Å². The topological polar surface area (TPSA) is 123 Å². The fourth-order valence-corrected chi connectivity index (χ4v) is 4.18. The van der Waals surface area contributed by atoms with Crippen LogP contribution in [0.2, 0.25) is 10.0 Å². The van der Waals surface area contributed by atoms with Gasteiger partial charge >= 0.3 is 0 Å². The van der Waals surface area contributed by atoms with E-state index in [0.717, 1.165) is 6.21 Å². The van der Waals surface area contributed by atoms with Gasteiger partial charge in [-0.3, -0.25) is 9.59 Å². The van der Waals surface area contributed by atoms with E-state index in [1.165, 1.54) is 11.2 Å². The van der Waals surface area contributed by atoms with Gasteiger partial charge in [0.1, 0.15) is 0 Å². The fraction of sp³-hybridized carbons (Fsp3) is 0.0357. The Kier molecular flexibility index (Phi) is 7.27. The highest BCUT2D eigenvalue weighted by Crippen LogP contribution is 2.32. The maximum absolute atomic E-state index is 13.0. The molecule has 2 heterocycles. The monoisotopic (exact) mass is 555 g/mol. The molecule has 2 aliphatic rings. The van der Waals surface area contributed by atoms with Gasteiger partial charge in [-0.25, -0.2) is 4.99 Å². The van der Waals surface area contributed by atoms with Crippen LogP contribution in [-0.4, -0.2) is 29.6 Å². The Morgan fingerprint density at radius 2 is 1.62 bits per heavy atom. The number of halogens is 2. The Morgan fingerprint density at radius 1 is 0.974 bits per heavy atom. The van der Waals surface area contributed by atoms with Crippen LogP contribution in [0.1, 0.15) is 18.1 Å². The van der Waals surface area contributed by atoms with Crippen molar-refractivity contribution in [3.8, 4) is 0 Å². The predicted molar refractivity (Wildman–Crippen MR) is 154 cm³/mol. The van der Waals surface area contributed by atoms with Crippen molar-refractivity contribution in [3.05, 3.63) is 111 Å². The van der Waals surface area contributed by atoms with Crippen LogP contribution in [0.4, 0.5) is 11.4 Å². The molecule has 0 atom stereocenters. The van der Waals surface area contributed by atoms with Gasteiger partial charge in [-0.1, -0.05) is 47.5 Å². The lowest BCUT2D eigenvalue weighted by Gasteiger charge is -2.11. The first-order valence-electron chi connectivity index (χ1n) is 11.6. The number of aliphatic imine (C=N–C) groups is 1. The van der Waals surface area contributed by atoms with E-state index >= 15 is 0 Å². The molecular weight excluding hydrogens is 537 g/mol. The number of rotatable bonds is 5. The van der Waals surface area contributed by atoms with E-state index in [2.05, 4.69) is 25.6 Å². The number of hydrazone groups is 1. The molecule has 192 valence electrons. The molecule has 2 N–H and O–H groups in total. The number of amidine groups is 1. The molecule has 9 nitrogen and oxygen atoms in total. The summed E-state index contributed by atoms with van der Waals surface area (Å²) >= 11 is 11.9. The molecule has 39 heavy (non-hydrogen) atoms. The normalized spacial score (nSPS) is 16.8. The average molecular weight is 556 g/mol. The second kappa shape index (κ2) is 10.9. The van der Waals surface area contributed by atoms with E-state index in [1.807, 2.05) is 6.07 Å². The third-order valence-corrected chi connectivity index (χ3v) is 6.36. The quantitative estimate of drug-likeness (QED) is 0.211. The number of carbonyl (C=O) groups is 2. The standard InChI is InChI=1S/C28H19Cl2N7O2/c1-16-24(28(39)37(36-16)20-12-8-18(30)9-13-20)15-32-35-26-22-5-3-2-4-21(22)25(34-26)23(14-31)27(38)33-19-10-6-17(29)7-11-19/h2-15,31H,1H3,(H,33,38). The number of azo groups is 1. The lowest BCUT2D eigenvalue weighted by molar-refractivity contribution is -0.114. The van der Waals surface area contributed by atoms with Crippen LogP contribution in [0.15, 0.2) is 110 Å². The van der Waals surface area contributed by atoms with Gasteiger partial charge in [0.15, 0.2) is 5.84 Å². The largest absolute Gasteiger partial charge is 0.322 e. The number of anilines is 2. The molecule has 11 heteroatoms. The van der Waals surface area contributed by atoms with Crippen LogP contribution in [0, 0.1) is 5.41 Å². The van der Waals surface area contributed by atoms with E-state index in [4.69, 9.17) is 28.6 Å². The van der Waals surface area contributed by atoms with Gasteiger partial charge in [0, 0.05) is 33.1 Å². The van der Waals surface area contributed by atoms with Crippen LogP contribution in [0.5, 0.6) is 0 Å². The molecule has 5 rings (SSSR count). The molecule has 0 unspecified atom stereocenters. The summed E-state index contributed by atoms with van der Waals surface area (Å²) in [7, 11) is 0. The maximum Gasteiger partial charge on any atom is 0.282 e. The Hall–Kier alpha value is -4.73. The van der Waals surface area contributed by atoms with Crippen LogP contribution in [0.3, 0.4) is 0 Å². The molecule has 2 amide bonds. The molecule has 0 spiro atoms. The van der Waals surface area contributed by atoms with E-state index in [-0.39, 0.29) is 28.6 Å². The molecule has 0 aliphatic carbocycles. The van der Waals surface area contributed by atoms with Crippen molar-refractivity contribution in [3.63, 3.8) is 0 Å². The zero-order valence-electron chi connectivity index (χ0n) is 20.4. The third kappa shape index (κ3) is 5.31. The lowest BCUT2D eigenvalue weighted by atomic mass is 10.0. The van der Waals surface area contributed by atoms with Crippen molar-refractivity contribution < 1.29 is 9.59 Å². The first kappa shape index (κ1) is 25.9. The van der Waals surface area contributed by atoms with E-state index in [9.17, 15) is 9.59 Å².